The first-order valence-corrected chi connectivity index (χ1v) is 24.0. The molecule has 0 spiro atoms. The van der Waals surface area contributed by atoms with Gasteiger partial charge in [0.1, 0.15) is 0 Å². The van der Waals surface area contributed by atoms with Crippen molar-refractivity contribution in [2.24, 2.45) is 0 Å². The minimum absolute atomic E-state index is 0.325. The lowest BCUT2D eigenvalue weighted by atomic mass is 9.82. The average molecular weight is 922 g/mol. The van der Waals surface area contributed by atoms with Crippen molar-refractivity contribution in [3.8, 4) is 101 Å². The van der Waals surface area contributed by atoms with Crippen LogP contribution >= 0.6 is 0 Å². The molecule has 0 unspecified atom stereocenters. The van der Waals surface area contributed by atoms with Crippen LogP contribution in [0.3, 0.4) is 0 Å². The van der Waals surface area contributed by atoms with Crippen molar-refractivity contribution in [3.05, 3.63) is 284 Å². The lowest BCUT2D eigenvalue weighted by Crippen LogP contribution is -2.00. The van der Waals surface area contributed by atoms with Gasteiger partial charge in [0.15, 0.2) is 17.5 Å². The summed E-state index contributed by atoms with van der Waals surface area (Å²) in [5, 5.41) is 17.7. The van der Waals surface area contributed by atoms with Gasteiger partial charge in [-0.15, -0.1) is 0 Å². The fourth-order valence-electron chi connectivity index (χ4n) is 9.15. The molecule has 1 heterocycles. The number of hydrogen-bond donors (Lipinski definition) is 2. The highest BCUT2D eigenvalue weighted by atomic mass is 15.0. The van der Waals surface area contributed by atoms with Crippen LogP contribution in [0.15, 0.2) is 273 Å². The molecule has 2 N–H and O–H groups in total. The Balaban J connectivity index is 1.07. The Labute approximate surface area is 420 Å². The molecule has 0 atom stereocenters. The molecule has 0 saturated carbocycles. The van der Waals surface area contributed by atoms with Gasteiger partial charge >= 0.3 is 0 Å². The number of rotatable bonds is 13. The first kappa shape index (κ1) is 44.8. The van der Waals surface area contributed by atoms with Gasteiger partial charge in [0.25, 0.3) is 0 Å². The summed E-state index contributed by atoms with van der Waals surface area (Å²) in [6.45, 7) is 0. The Kier molecular flexibility index (Phi) is 12.7. The van der Waals surface area contributed by atoms with E-state index in [4.69, 9.17) is 25.8 Å². The van der Waals surface area contributed by atoms with Crippen molar-refractivity contribution >= 4 is 11.4 Å². The van der Waals surface area contributed by atoms with Crippen LogP contribution in [0, 0.1) is 10.8 Å². The highest BCUT2D eigenvalue weighted by Crippen LogP contribution is 2.46. The zero-order valence-electron chi connectivity index (χ0n) is 39.3. The average Bonchev–Trinajstić information content (AvgIpc) is 3.47. The standard InChI is InChI=1S/C67H47N5/c68-61(52-20-10-3-11-21-52)44-45-62(69)53-34-36-54(37-35-53)63-59(50-30-26-48(27-31-50)46-16-6-1-7-17-46)42-43-60(51-32-28-49(29-33-51)47-18-8-2-9-19-47)64(63)55-38-40-58(41-39-55)67-71-65(56-22-12-4-13-23-56)70-66(72-67)57-24-14-5-15-25-57/h1-45,68-69H/b45-44-,68-61?,69-62?. The second-order valence-corrected chi connectivity index (χ2v) is 17.5. The topological polar surface area (TPSA) is 86.4 Å². The zero-order valence-corrected chi connectivity index (χ0v) is 39.3. The summed E-state index contributed by atoms with van der Waals surface area (Å²) in [5.41, 5.74) is 18.1. The van der Waals surface area contributed by atoms with E-state index in [9.17, 15) is 0 Å². The highest BCUT2D eigenvalue weighted by Gasteiger charge is 2.21. The molecule has 340 valence electrons. The molecular formula is C67H47N5. The maximum atomic E-state index is 9.05. The molecule has 11 aromatic rings. The summed E-state index contributed by atoms with van der Waals surface area (Å²) in [5.74, 6) is 1.81. The van der Waals surface area contributed by atoms with Crippen LogP contribution in [0.1, 0.15) is 11.1 Å². The van der Waals surface area contributed by atoms with Crippen molar-refractivity contribution in [3.63, 3.8) is 0 Å². The second-order valence-electron chi connectivity index (χ2n) is 17.5. The van der Waals surface area contributed by atoms with Gasteiger partial charge in [-0.05, 0) is 90.0 Å². The number of aromatic nitrogens is 3. The molecule has 0 aliphatic heterocycles. The van der Waals surface area contributed by atoms with E-state index in [-0.39, 0.29) is 0 Å². The maximum Gasteiger partial charge on any atom is 0.164 e. The van der Waals surface area contributed by atoms with E-state index in [2.05, 4.69) is 146 Å². The van der Waals surface area contributed by atoms with Crippen LogP contribution in [0.2, 0.25) is 0 Å². The molecule has 72 heavy (non-hydrogen) atoms. The molecule has 0 amide bonds. The van der Waals surface area contributed by atoms with E-state index in [1.165, 1.54) is 0 Å². The fraction of sp³-hybridized carbons (Fsp3) is 0. The normalized spacial score (nSPS) is 11.1. The van der Waals surface area contributed by atoms with Gasteiger partial charge in [-0.25, -0.2) is 15.0 Å². The Morgan fingerprint density at radius 1 is 0.236 bits per heavy atom. The molecule has 10 aromatic carbocycles. The molecule has 0 aliphatic rings. The van der Waals surface area contributed by atoms with Crippen molar-refractivity contribution in [1.29, 1.82) is 10.8 Å². The van der Waals surface area contributed by atoms with Crippen molar-refractivity contribution in [1.82, 2.24) is 15.0 Å². The van der Waals surface area contributed by atoms with E-state index in [1.54, 1.807) is 12.2 Å². The Hall–Kier alpha value is -9.71. The van der Waals surface area contributed by atoms with Crippen LogP contribution in [-0.4, -0.2) is 26.4 Å². The predicted molar refractivity (Wildman–Crippen MR) is 298 cm³/mol. The van der Waals surface area contributed by atoms with Crippen molar-refractivity contribution in [2.45, 2.75) is 0 Å². The number of allylic oxidation sites excluding steroid dienone is 2. The predicted octanol–water partition coefficient (Wildman–Crippen LogP) is 16.9. The minimum Gasteiger partial charge on any atom is -0.300 e. The van der Waals surface area contributed by atoms with Crippen LogP contribution in [0.25, 0.3) is 101 Å². The van der Waals surface area contributed by atoms with Crippen LogP contribution in [0.4, 0.5) is 0 Å². The zero-order chi connectivity index (χ0) is 48.6. The smallest absolute Gasteiger partial charge is 0.164 e. The lowest BCUT2D eigenvalue weighted by molar-refractivity contribution is 1.07. The van der Waals surface area contributed by atoms with Gasteiger partial charge < -0.3 is 10.8 Å². The van der Waals surface area contributed by atoms with Gasteiger partial charge in [0, 0.05) is 16.7 Å². The largest absolute Gasteiger partial charge is 0.300 e. The summed E-state index contributed by atoms with van der Waals surface area (Å²) in [6.07, 6.45) is 3.40. The molecule has 0 saturated heterocycles. The Morgan fingerprint density at radius 2 is 0.486 bits per heavy atom. The van der Waals surface area contributed by atoms with E-state index in [0.29, 0.717) is 28.9 Å². The van der Waals surface area contributed by atoms with Crippen LogP contribution in [0.5, 0.6) is 0 Å². The van der Waals surface area contributed by atoms with Gasteiger partial charge in [-0.1, -0.05) is 261 Å². The number of benzene rings is 10. The molecule has 0 radical (unpaired) electrons. The summed E-state index contributed by atoms with van der Waals surface area (Å²) < 4.78 is 0. The number of nitrogens with zero attached hydrogens (tertiary/aromatic N) is 3. The highest BCUT2D eigenvalue weighted by molar-refractivity contribution is 6.14. The Morgan fingerprint density at radius 3 is 0.861 bits per heavy atom. The van der Waals surface area contributed by atoms with E-state index in [1.807, 2.05) is 115 Å². The molecule has 11 rings (SSSR count). The van der Waals surface area contributed by atoms with E-state index in [0.717, 1.165) is 94.6 Å². The molecule has 0 fully saturated rings. The van der Waals surface area contributed by atoms with Crippen LogP contribution in [-0.2, 0) is 0 Å². The quantitative estimate of drug-likeness (QED) is 0.113. The maximum absolute atomic E-state index is 9.05. The molecule has 0 aliphatic carbocycles. The minimum atomic E-state index is 0.325. The summed E-state index contributed by atoms with van der Waals surface area (Å²) >= 11 is 0. The summed E-state index contributed by atoms with van der Waals surface area (Å²) in [6, 6.07) is 89.7. The molecular weight excluding hydrogens is 875 g/mol. The summed E-state index contributed by atoms with van der Waals surface area (Å²) in [4.78, 5) is 15.0. The molecule has 5 nitrogen and oxygen atoms in total. The van der Waals surface area contributed by atoms with E-state index < -0.39 is 0 Å². The molecule has 5 heteroatoms. The van der Waals surface area contributed by atoms with Gasteiger partial charge in [0.2, 0.25) is 0 Å². The third-order valence-corrected chi connectivity index (χ3v) is 12.9. The number of nitrogens with one attached hydrogen (secondary N) is 2. The lowest BCUT2D eigenvalue weighted by Gasteiger charge is -2.21. The fourth-order valence-corrected chi connectivity index (χ4v) is 9.15. The first-order valence-electron chi connectivity index (χ1n) is 24.0. The van der Waals surface area contributed by atoms with Crippen molar-refractivity contribution in [2.75, 3.05) is 0 Å². The molecule has 0 bridgehead atoms. The van der Waals surface area contributed by atoms with Gasteiger partial charge in [-0.2, -0.15) is 0 Å². The summed E-state index contributed by atoms with van der Waals surface area (Å²) in [7, 11) is 0. The van der Waals surface area contributed by atoms with Gasteiger partial charge in [-0.3, -0.25) is 0 Å². The van der Waals surface area contributed by atoms with E-state index >= 15 is 0 Å². The third kappa shape index (κ3) is 9.64. The SMILES string of the molecule is N=C(/C=C\C(=N)c1ccc(-c2c(-c3ccc(-c4ccccc4)cc3)ccc(-c3ccc(-c4ccccc4)cc3)c2-c2ccc(-c3nc(-c4ccccc4)nc(-c4ccccc4)n3)cc2)cc1)c1ccccc1. The second kappa shape index (κ2) is 20.5. The first-order chi connectivity index (χ1) is 35.5. The number of hydrogen-bond acceptors (Lipinski definition) is 5. The molecule has 1 aromatic heterocycles. The van der Waals surface area contributed by atoms with Crippen LogP contribution < -0.4 is 0 Å². The Bertz CT molecular complexity index is 3630. The van der Waals surface area contributed by atoms with Gasteiger partial charge in [0.05, 0.1) is 11.4 Å². The van der Waals surface area contributed by atoms with Crippen molar-refractivity contribution < 1.29 is 0 Å². The third-order valence-electron chi connectivity index (χ3n) is 12.9. The monoisotopic (exact) mass is 921 g/mol.